The third kappa shape index (κ3) is 3.81. The summed E-state index contributed by atoms with van der Waals surface area (Å²) in [6.45, 7) is 10.1. The monoisotopic (exact) mass is 417 g/mol. The van der Waals surface area contributed by atoms with E-state index < -0.39 is 0 Å². The Balaban J connectivity index is 1.79. The first kappa shape index (κ1) is 20.7. The van der Waals surface area contributed by atoms with Gasteiger partial charge < -0.3 is 5.32 Å². The smallest absolute Gasteiger partial charge is 0.228 e. The molecule has 0 bridgehead atoms. The van der Waals surface area contributed by atoms with Crippen LogP contribution in [0.25, 0.3) is 22.5 Å². The number of nitrogens with one attached hydrogen (secondary N) is 1. The van der Waals surface area contributed by atoms with Crippen LogP contribution in [-0.2, 0) is 4.79 Å². The Morgan fingerprint density at radius 1 is 1.03 bits per heavy atom. The molecule has 4 aromatic rings. The fourth-order valence-electron chi connectivity index (χ4n) is 3.68. The van der Waals surface area contributed by atoms with Gasteiger partial charge in [-0.05, 0) is 56.9 Å². The maximum atomic E-state index is 12.7. The average molecular weight is 418 g/mol. The second-order valence-corrected chi connectivity index (χ2v) is 7.84. The molecule has 31 heavy (non-hydrogen) atoms. The summed E-state index contributed by atoms with van der Waals surface area (Å²) in [5.41, 5.74) is 4.80. The first-order valence-electron chi connectivity index (χ1n) is 10.6. The molecule has 3 heterocycles. The molecule has 1 aromatic carbocycles. The number of nitrogens with zero attached hydrogens (tertiary/aromatic N) is 6. The lowest BCUT2D eigenvalue weighted by atomic mass is 10.0. The molecule has 0 aliphatic rings. The van der Waals surface area contributed by atoms with Crippen LogP contribution >= 0.6 is 0 Å². The normalized spacial score (nSPS) is 11.4. The third-order valence-electron chi connectivity index (χ3n) is 5.72. The Morgan fingerprint density at radius 2 is 1.81 bits per heavy atom. The van der Waals surface area contributed by atoms with Crippen LogP contribution in [0.5, 0.6) is 0 Å². The predicted molar refractivity (Wildman–Crippen MR) is 121 cm³/mol. The van der Waals surface area contributed by atoms with E-state index in [0.717, 1.165) is 29.6 Å². The van der Waals surface area contributed by atoms with Crippen molar-refractivity contribution in [2.75, 3.05) is 5.32 Å². The predicted octanol–water partition coefficient (Wildman–Crippen LogP) is 4.30. The van der Waals surface area contributed by atoms with Crippen LogP contribution in [-0.4, -0.2) is 35.4 Å². The second-order valence-electron chi connectivity index (χ2n) is 7.84. The van der Waals surface area contributed by atoms with Gasteiger partial charge >= 0.3 is 0 Å². The summed E-state index contributed by atoms with van der Waals surface area (Å²) in [6, 6.07) is 8.03. The van der Waals surface area contributed by atoms with Crippen molar-refractivity contribution in [3.05, 3.63) is 53.6 Å². The molecule has 8 heteroatoms. The van der Waals surface area contributed by atoms with E-state index in [2.05, 4.69) is 51.5 Å². The fraction of sp³-hybridized carbons (Fsp3) is 0.348. The minimum atomic E-state index is -0.0402. The highest BCUT2D eigenvalue weighted by atomic mass is 16.2. The van der Waals surface area contributed by atoms with Gasteiger partial charge in [0.15, 0.2) is 11.5 Å². The molecule has 0 aliphatic carbocycles. The quantitative estimate of drug-likeness (QED) is 0.505. The zero-order valence-corrected chi connectivity index (χ0v) is 18.5. The standard InChI is InChI=1S/C23H27N7O/c1-6-17(7-2)23(31)27-20-11-16(5)28-30(20)22-19-12-26-29(21(19)24-13-25-22)18-9-8-14(3)15(4)10-18/h8-13,17H,6-7H2,1-5H3,(H,27,31). The molecule has 0 atom stereocenters. The highest BCUT2D eigenvalue weighted by Crippen LogP contribution is 2.25. The molecule has 1 N–H and O–H groups in total. The van der Waals surface area contributed by atoms with Crippen molar-refractivity contribution in [1.82, 2.24) is 29.5 Å². The molecule has 0 saturated carbocycles. The number of aromatic nitrogens is 6. The summed E-state index contributed by atoms with van der Waals surface area (Å²) >= 11 is 0. The van der Waals surface area contributed by atoms with Crippen molar-refractivity contribution < 1.29 is 4.79 Å². The van der Waals surface area contributed by atoms with Gasteiger partial charge in [0.25, 0.3) is 0 Å². The van der Waals surface area contributed by atoms with Crippen LogP contribution in [0.2, 0.25) is 0 Å². The molecule has 8 nitrogen and oxygen atoms in total. The molecule has 160 valence electrons. The SMILES string of the molecule is CCC(CC)C(=O)Nc1cc(C)nn1-c1ncnc2c1cnn2-c1ccc(C)c(C)c1. The number of carbonyl (C=O) groups is 1. The number of aryl methyl sites for hydroxylation is 3. The largest absolute Gasteiger partial charge is 0.310 e. The summed E-state index contributed by atoms with van der Waals surface area (Å²) in [5.74, 6) is 1.12. The molecular weight excluding hydrogens is 390 g/mol. The van der Waals surface area contributed by atoms with Gasteiger partial charge in [-0.25, -0.2) is 14.6 Å². The van der Waals surface area contributed by atoms with Crippen molar-refractivity contribution >= 4 is 22.8 Å². The summed E-state index contributed by atoms with van der Waals surface area (Å²) in [6.07, 6.45) is 4.82. The van der Waals surface area contributed by atoms with Crippen LogP contribution in [0.3, 0.4) is 0 Å². The fourth-order valence-corrected chi connectivity index (χ4v) is 3.68. The van der Waals surface area contributed by atoms with E-state index in [-0.39, 0.29) is 11.8 Å². The number of anilines is 1. The number of fused-ring (bicyclic) bond motifs is 1. The Hall–Kier alpha value is -3.55. The van der Waals surface area contributed by atoms with Gasteiger partial charge in [-0.1, -0.05) is 19.9 Å². The first-order chi connectivity index (χ1) is 14.9. The minimum absolute atomic E-state index is 0.0118. The zero-order valence-electron chi connectivity index (χ0n) is 18.5. The molecule has 4 rings (SSSR count). The number of amides is 1. The lowest BCUT2D eigenvalue weighted by molar-refractivity contribution is -0.120. The van der Waals surface area contributed by atoms with E-state index in [4.69, 9.17) is 0 Å². The molecule has 0 radical (unpaired) electrons. The van der Waals surface area contributed by atoms with Gasteiger partial charge in [-0.15, -0.1) is 0 Å². The minimum Gasteiger partial charge on any atom is -0.310 e. The number of rotatable bonds is 6. The molecule has 0 fully saturated rings. The van der Waals surface area contributed by atoms with Gasteiger partial charge in [-0.3, -0.25) is 4.79 Å². The Bertz CT molecular complexity index is 1250. The van der Waals surface area contributed by atoms with Gasteiger partial charge in [-0.2, -0.15) is 14.9 Å². The number of hydrogen-bond donors (Lipinski definition) is 1. The van der Waals surface area contributed by atoms with Gasteiger partial charge in [0.2, 0.25) is 5.91 Å². The van der Waals surface area contributed by atoms with E-state index in [9.17, 15) is 4.79 Å². The van der Waals surface area contributed by atoms with Gasteiger partial charge in [0.05, 0.1) is 23.0 Å². The first-order valence-corrected chi connectivity index (χ1v) is 10.6. The van der Waals surface area contributed by atoms with Crippen LogP contribution < -0.4 is 5.32 Å². The molecule has 0 saturated heterocycles. The van der Waals surface area contributed by atoms with Crippen LogP contribution in [0.15, 0.2) is 36.8 Å². The summed E-state index contributed by atoms with van der Waals surface area (Å²) in [7, 11) is 0. The summed E-state index contributed by atoms with van der Waals surface area (Å²) < 4.78 is 3.46. The van der Waals surface area contributed by atoms with E-state index in [1.807, 2.05) is 32.9 Å². The third-order valence-corrected chi connectivity index (χ3v) is 5.72. The van der Waals surface area contributed by atoms with Gasteiger partial charge in [0.1, 0.15) is 12.1 Å². The maximum Gasteiger partial charge on any atom is 0.228 e. The Morgan fingerprint density at radius 3 is 2.52 bits per heavy atom. The summed E-state index contributed by atoms with van der Waals surface area (Å²) in [5, 5.41) is 12.9. The average Bonchev–Trinajstić information content (AvgIpc) is 3.34. The second kappa shape index (κ2) is 8.29. The topological polar surface area (TPSA) is 90.5 Å². The number of carbonyl (C=O) groups excluding carboxylic acids is 1. The van der Waals surface area contributed by atoms with E-state index in [0.29, 0.717) is 17.3 Å². The van der Waals surface area contributed by atoms with Crippen molar-refractivity contribution in [2.45, 2.75) is 47.5 Å². The lowest BCUT2D eigenvalue weighted by Gasteiger charge is -2.14. The molecule has 1 amide bonds. The highest BCUT2D eigenvalue weighted by molar-refractivity contribution is 5.92. The summed E-state index contributed by atoms with van der Waals surface area (Å²) in [4.78, 5) is 21.6. The molecule has 3 aromatic heterocycles. The van der Waals surface area contributed by atoms with E-state index in [1.54, 1.807) is 15.6 Å². The number of hydrogen-bond acceptors (Lipinski definition) is 5. The maximum absolute atomic E-state index is 12.7. The molecular formula is C23H27N7O. The van der Waals surface area contributed by atoms with Crippen LogP contribution in [0, 0.1) is 26.7 Å². The molecule has 0 spiro atoms. The van der Waals surface area contributed by atoms with Crippen molar-refractivity contribution in [2.24, 2.45) is 5.92 Å². The van der Waals surface area contributed by atoms with Crippen LogP contribution in [0.4, 0.5) is 5.82 Å². The highest BCUT2D eigenvalue weighted by Gasteiger charge is 2.20. The van der Waals surface area contributed by atoms with Crippen LogP contribution in [0.1, 0.15) is 43.5 Å². The van der Waals surface area contributed by atoms with E-state index >= 15 is 0 Å². The molecule has 0 unspecified atom stereocenters. The van der Waals surface area contributed by atoms with Crippen molar-refractivity contribution in [3.8, 4) is 11.5 Å². The lowest BCUT2D eigenvalue weighted by Crippen LogP contribution is -2.23. The van der Waals surface area contributed by atoms with Crippen molar-refractivity contribution in [1.29, 1.82) is 0 Å². The van der Waals surface area contributed by atoms with E-state index in [1.165, 1.54) is 17.5 Å². The number of benzene rings is 1. The van der Waals surface area contributed by atoms with Crippen molar-refractivity contribution in [3.63, 3.8) is 0 Å². The Kier molecular flexibility index (Phi) is 5.54. The Labute approximate surface area is 181 Å². The molecule has 0 aliphatic heterocycles. The zero-order chi connectivity index (χ0) is 22.1. The van der Waals surface area contributed by atoms with Gasteiger partial charge in [0, 0.05) is 12.0 Å².